The predicted octanol–water partition coefficient (Wildman–Crippen LogP) is -8.83. The Morgan fingerprint density at radius 3 is 1.50 bits per heavy atom. The summed E-state index contributed by atoms with van der Waals surface area (Å²) in [5.41, 5.74) is 2.08. The Morgan fingerprint density at radius 1 is 0.714 bits per heavy atom. The molecule has 3 rings (SSSR count). The average Bonchev–Trinajstić information content (AvgIpc) is 3.18. The van der Waals surface area contributed by atoms with Crippen molar-refractivity contribution in [1.29, 1.82) is 0 Å². The van der Waals surface area contributed by atoms with Crippen molar-refractivity contribution in [3.8, 4) is 0 Å². The molecule has 2 aliphatic heterocycles. The summed E-state index contributed by atoms with van der Waals surface area (Å²) >= 11 is 0. The number of aliphatic hydroxyl groups is 2. The van der Waals surface area contributed by atoms with Crippen molar-refractivity contribution < 1.29 is 66.9 Å². The number of hydrogen-bond donors (Lipinski definition) is 2. The van der Waals surface area contributed by atoms with Gasteiger partial charge in [-0.25, -0.2) is 0 Å². The molecule has 0 aromatic carbocycles. The van der Waals surface area contributed by atoms with Crippen LogP contribution in [-0.2, 0) is 32.6 Å². The molecule has 0 saturated heterocycles. The number of halogens is 3. The summed E-state index contributed by atoms with van der Waals surface area (Å²) in [7, 11) is 0. The van der Waals surface area contributed by atoms with E-state index in [-0.39, 0.29) is 69.9 Å². The first-order valence-corrected chi connectivity index (χ1v) is 8.26. The molecule has 0 fully saturated rings. The molecule has 0 atom stereocenters. The number of pyridine rings is 1. The average molecular weight is 541 g/mol. The molecule has 1 aromatic rings. The molecule has 7 nitrogen and oxygen atoms in total. The first-order valence-electron chi connectivity index (χ1n) is 8.26. The third kappa shape index (κ3) is 8.72. The maximum absolute atomic E-state index is 8.99. The summed E-state index contributed by atoms with van der Waals surface area (Å²) in [5, 5.41) is 18.0. The van der Waals surface area contributed by atoms with Crippen LogP contribution in [0.5, 0.6) is 0 Å². The van der Waals surface area contributed by atoms with Crippen LogP contribution in [0.3, 0.4) is 0 Å². The van der Waals surface area contributed by atoms with Gasteiger partial charge in [-0.05, 0) is 12.1 Å². The zero-order chi connectivity index (χ0) is 16.8. The van der Waals surface area contributed by atoms with Gasteiger partial charge in [0.05, 0.1) is 51.0 Å². The van der Waals surface area contributed by atoms with Crippen LogP contribution in [0, 0.1) is 0 Å². The summed E-state index contributed by atoms with van der Waals surface area (Å²) < 4.78 is 0. The van der Waals surface area contributed by atoms with Crippen molar-refractivity contribution in [1.82, 2.24) is 24.6 Å². The summed E-state index contributed by atoms with van der Waals surface area (Å²) in [6.07, 6.45) is 8.09. The van der Waals surface area contributed by atoms with Gasteiger partial charge in [-0.1, -0.05) is 6.07 Å². The standard InChI is InChI=1S/C17H25N5O2.3ClH.Rh/c23-10-8-19-4-6-21(14-19)12-16-2-1-3-17(18-16)13-22-7-5-20(15-22)9-11-24;;;;/h1-7,23-24H,8-15H2;3*1H;/p-3. The molecular formula is C17H25Cl3N5O2Rh-3. The van der Waals surface area contributed by atoms with Crippen LogP contribution in [0.25, 0.3) is 0 Å². The van der Waals surface area contributed by atoms with Gasteiger partial charge in [-0.15, -0.1) is 0 Å². The van der Waals surface area contributed by atoms with E-state index in [0.717, 1.165) is 37.8 Å². The van der Waals surface area contributed by atoms with E-state index >= 15 is 0 Å². The van der Waals surface area contributed by atoms with E-state index in [0.29, 0.717) is 13.1 Å². The van der Waals surface area contributed by atoms with Crippen molar-refractivity contribution in [2.45, 2.75) is 13.1 Å². The molecule has 1 aromatic heterocycles. The minimum absolute atomic E-state index is 0. The van der Waals surface area contributed by atoms with Crippen LogP contribution in [0.15, 0.2) is 43.0 Å². The second-order valence-electron chi connectivity index (χ2n) is 6.07. The van der Waals surface area contributed by atoms with Crippen molar-refractivity contribution in [2.75, 3.05) is 39.6 Å². The zero-order valence-corrected chi connectivity index (χ0v) is 19.2. The molecule has 1 radical (unpaired) electrons. The fourth-order valence-electron chi connectivity index (χ4n) is 2.91. The van der Waals surface area contributed by atoms with E-state index in [2.05, 4.69) is 19.6 Å². The van der Waals surface area contributed by atoms with Crippen LogP contribution >= 0.6 is 0 Å². The first kappa shape index (κ1) is 29.4. The summed E-state index contributed by atoms with van der Waals surface area (Å²) in [4.78, 5) is 13.3. The smallest absolute Gasteiger partial charge is 0.0898 e. The molecule has 28 heavy (non-hydrogen) atoms. The van der Waals surface area contributed by atoms with E-state index in [1.807, 2.05) is 43.0 Å². The second kappa shape index (κ2) is 15.1. The summed E-state index contributed by atoms with van der Waals surface area (Å²) in [6.45, 7) is 4.76. The first-order chi connectivity index (χ1) is 11.8. The Balaban J connectivity index is 0. The zero-order valence-electron chi connectivity index (χ0n) is 15.3. The largest absolute Gasteiger partial charge is 1.00 e. The maximum atomic E-state index is 8.99. The van der Waals surface area contributed by atoms with Gasteiger partial charge in [0.1, 0.15) is 0 Å². The molecular weight excluding hydrogens is 515 g/mol. The molecule has 2 N–H and O–H groups in total. The van der Waals surface area contributed by atoms with Gasteiger partial charge in [0.2, 0.25) is 0 Å². The van der Waals surface area contributed by atoms with Crippen LogP contribution in [-0.4, -0.2) is 74.4 Å². The third-order valence-electron chi connectivity index (χ3n) is 4.07. The number of aromatic nitrogens is 1. The molecule has 11 heteroatoms. The SMILES string of the molecule is OCCN1C=CN(Cc2cccc(CN3C=CN(CCO)C3)n2)C1.[Cl-].[Cl-].[Cl-].[Rh]. The monoisotopic (exact) mass is 539 g/mol. The van der Waals surface area contributed by atoms with E-state index < -0.39 is 0 Å². The minimum atomic E-state index is 0. The van der Waals surface area contributed by atoms with Crippen molar-refractivity contribution in [3.63, 3.8) is 0 Å². The van der Waals surface area contributed by atoms with Gasteiger partial charge in [0.25, 0.3) is 0 Å². The van der Waals surface area contributed by atoms with Gasteiger partial charge >= 0.3 is 0 Å². The molecule has 0 unspecified atom stereocenters. The molecule has 3 heterocycles. The van der Waals surface area contributed by atoms with Crippen molar-refractivity contribution in [2.24, 2.45) is 0 Å². The Hall–Kier alpha value is -0.757. The fraction of sp³-hybridized carbons (Fsp3) is 0.471. The second-order valence-corrected chi connectivity index (χ2v) is 6.07. The summed E-state index contributed by atoms with van der Waals surface area (Å²) in [6, 6.07) is 6.14. The fourth-order valence-corrected chi connectivity index (χ4v) is 2.91. The minimum Gasteiger partial charge on any atom is -1.00 e. The summed E-state index contributed by atoms with van der Waals surface area (Å²) in [5.74, 6) is 0. The van der Waals surface area contributed by atoms with Gasteiger partial charge in [0.15, 0.2) is 0 Å². The molecule has 0 spiro atoms. The molecule has 0 amide bonds. The molecule has 2 aliphatic rings. The Labute approximate surface area is 198 Å². The number of rotatable bonds is 8. The van der Waals surface area contributed by atoms with Crippen LogP contribution in [0.2, 0.25) is 0 Å². The maximum Gasteiger partial charge on any atom is 0.0898 e. The van der Waals surface area contributed by atoms with Crippen LogP contribution < -0.4 is 37.2 Å². The van der Waals surface area contributed by atoms with Crippen LogP contribution in [0.1, 0.15) is 11.4 Å². The van der Waals surface area contributed by atoms with E-state index in [1.54, 1.807) is 0 Å². The number of β-amino-alcohol motifs (C(OH)–C–C–N with tert-alkyl or cyclic N) is 2. The quantitative estimate of drug-likeness (QED) is 0.318. The molecule has 163 valence electrons. The van der Waals surface area contributed by atoms with Crippen LogP contribution in [0.4, 0.5) is 0 Å². The van der Waals surface area contributed by atoms with Gasteiger partial charge in [-0.3, -0.25) is 4.98 Å². The molecule has 0 saturated carbocycles. The normalized spacial score (nSPS) is 14.4. The van der Waals surface area contributed by atoms with E-state index in [4.69, 9.17) is 15.2 Å². The van der Waals surface area contributed by atoms with Gasteiger partial charge < -0.3 is 67.0 Å². The molecule has 0 bridgehead atoms. The topological polar surface area (TPSA) is 66.3 Å². The Kier molecular flexibility index (Phi) is 15.9. The van der Waals surface area contributed by atoms with Crippen molar-refractivity contribution >= 4 is 0 Å². The third-order valence-corrected chi connectivity index (χ3v) is 4.07. The predicted molar refractivity (Wildman–Crippen MR) is 90.9 cm³/mol. The van der Waals surface area contributed by atoms with Gasteiger partial charge in [0, 0.05) is 57.4 Å². The number of nitrogens with zero attached hydrogens (tertiary/aromatic N) is 5. The van der Waals surface area contributed by atoms with Gasteiger partial charge in [-0.2, -0.15) is 0 Å². The number of hydrogen-bond acceptors (Lipinski definition) is 7. The number of aliphatic hydroxyl groups excluding tert-OH is 2. The molecule has 0 aliphatic carbocycles. The van der Waals surface area contributed by atoms with E-state index in [1.165, 1.54) is 0 Å². The van der Waals surface area contributed by atoms with Crippen molar-refractivity contribution in [3.05, 3.63) is 54.4 Å². The Morgan fingerprint density at radius 2 is 1.11 bits per heavy atom. The Bertz CT molecular complexity index is 565. The van der Waals surface area contributed by atoms with E-state index in [9.17, 15) is 0 Å².